The maximum absolute atomic E-state index is 12.5. The zero-order chi connectivity index (χ0) is 17.3. The number of benzene rings is 1. The summed E-state index contributed by atoms with van der Waals surface area (Å²) in [5.74, 6) is 0.124. The maximum atomic E-state index is 12.5. The molecular formula is C17H22ClN3O3. The van der Waals surface area contributed by atoms with Crippen molar-refractivity contribution in [2.75, 3.05) is 44.7 Å². The zero-order valence-electron chi connectivity index (χ0n) is 14.0. The molecule has 0 radical (unpaired) electrons. The monoisotopic (exact) mass is 351 g/mol. The van der Waals surface area contributed by atoms with E-state index in [0.29, 0.717) is 50.1 Å². The van der Waals surface area contributed by atoms with Gasteiger partial charge in [0.2, 0.25) is 5.91 Å². The van der Waals surface area contributed by atoms with Crippen molar-refractivity contribution in [2.24, 2.45) is 5.41 Å². The topological polar surface area (TPSA) is 61.9 Å². The third-order valence-corrected chi connectivity index (χ3v) is 5.04. The number of hydrogen-bond acceptors (Lipinski definition) is 3. The number of rotatable bonds is 2. The van der Waals surface area contributed by atoms with Crippen molar-refractivity contribution in [1.82, 2.24) is 9.80 Å². The van der Waals surface area contributed by atoms with Gasteiger partial charge in [-0.25, -0.2) is 4.79 Å². The highest BCUT2D eigenvalue weighted by atomic mass is 35.5. The number of carbonyl (C=O) groups is 2. The lowest BCUT2D eigenvalue weighted by atomic mass is 9.86. The Labute approximate surface area is 146 Å². The maximum Gasteiger partial charge on any atom is 0.321 e. The summed E-state index contributed by atoms with van der Waals surface area (Å²) in [6.45, 7) is 6.97. The van der Waals surface area contributed by atoms with E-state index in [4.69, 9.17) is 16.3 Å². The van der Waals surface area contributed by atoms with Gasteiger partial charge in [-0.1, -0.05) is 17.7 Å². The van der Waals surface area contributed by atoms with Crippen LogP contribution in [-0.2, 0) is 9.53 Å². The van der Waals surface area contributed by atoms with Crippen LogP contribution in [0.3, 0.4) is 0 Å². The quantitative estimate of drug-likeness (QED) is 0.889. The molecular weight excluding hydrogens is 330 g/mol. The Kier molecular flexibility index (Phi) is 4.69. The summed E-state index contributed by atoms with van der Waals surface area (Å²) < 4.78 is 5.16. The molecule has 130 valence electrons. The fraction of sp³-hybridized carbons (Fsp3) is 0.529. The lowest BCUT2D eigenvalue weighted by Gasteiger charge is -2.43. The zero-order valence-corrected chi connectivity index (χ0v) is 14.7. The number of nitrogens with zero attached hydrogens (tertiary/aromatic N) is 2. The molecule has 3 rings (SSSR count). The van der Waals surface area contributed by atoms with Gasteiger partial charge in [-0.2, -0.15) is 0 Å². The van der Waals surface area contributed by atoms with E-state index in [0.717, 1.165) is 5.56 Å². The summed E-state index contributed by atoms with van der Waals surface area (Å²) in [5.41, 5.74) is 1.26. The van der Waals surface area contributed by atoms with Gasteiger partial charge in [-0.3, -0.25) is 4.79 Å². The number of ether oxygens (including phenoxy) is 1. The number of piperazine rings is 1. The second-order valence-corrected chi connectivity index (χ2v) is 7.13. The van der Waals surface area contributed by atoms with Crippen molar-refractivity contribution in [2.45, 2.75) is 13.8 Å². The summed E-state index contributed by atoms with van der Waals surface area (Å²) in [4.78, 5) is 28.4. The Morgan fingerprint density at radius 2 is 1.79 bits per heavy atom. The second kappa shape index (κ2) is 6.61. The smallest absolute Gasteiger partial charge is 0.321 e. The van der Waals surface area contributed by atoms with Crippen LogP contribution >= 0.6 is 11.6 Å². The first-order valence-corrected chi connectivity index (χ1v) is 8.46. The van der Waals surface area contributed by atoms with Crippen molar-refractivity contribution in [3.05, 3.63) is 28.8 Å². The Morgan fingerprint density at radius 3 is 2.33 bits per heavy atom. The average Bonchev–Trinajstić information content (AvgIpc) is 2.55. The van der Waals surface area contributed by atoms with E-state index < -0.39 is 0 Å². The van der Waals surface area contributed by atoms with E-state index >= 15 is 0 Å². The molecule has 7 heteroatoms. The molecule has 2 aliphatic rings. The first-order chi connectivity index (χ1) is 11.4. The highest BCUT2D eigenvalue weighted by molar-refractivity contribution is 6.31. The predicted octanol–water partition coefficient (Wildman–Crippen LogP) is 2.36. The van der Waals surface area contributed by atoms with E-state index in [1.807, 2.05) is 30.9 Å². The second-order valence-electron chi connectivity index (χ2n) is 6.73. The molecule has 1 aromatic rings. The van der Waals surface area contributed by atoms with Crippen LogP contribution < -0.4 is 5.32 Å². The number of anilines is 1. The van der Waals surface area contributed by atoms with Crippen LogP contribution in [0.1, 0.15) is 12.5 Å². The highest BCUT2D eigenvalue weighted by Gasteiger charge is 2.44. The molecule has 6 nitrogen and oxygen atoms in total. The van der Waals surface area contributed by atoms with E-state index in [9.17, 15) is 9.59 Å². The lowest BCUT2D eigenvalue weighted by Crippen LogP contribution is -2.58. The number of urea groups is 1. The van der Waals surface area contributed by atoms with Crippen molar-refractivity contribution >= 4 is 29.2 Å². The molecule has 3 amide bonds. The van der Waals surface area contributed by atoms with Crippen molar-refractivity contribution in [3.63, 3.8) is 0 Å². The molecule has 2 saturated heterocycles. The molecule has 0 spiro atoms. The molecule has 0 aliphatic carbocycles. The van der Waals surface area contributed by atoms with Gasteiger partial charge in [0.1, 0.15) is 0 Å². The van der Waals surface area contributed by atoms with Crippen LogP contribution in [0.25, 0.3) is 0 Å². The van der Waals surface area contributed by atoms with Gasteiger partial charge >= 0.3 is 6.03 Å². The molecule has 1 aromatic carbocycles. The first-order valence-electron chi connectivity index (χ1n) is 8.08. The first kappa shape index (κ1) is 17.0. The number of hydrogen-bond donors (Lipinski definition) is 1. The molecule has 1 N–H and O–H groups in total. The molecule has 0 aromatic heterocycles. The number of carbonyl (C=O) groups excluding carboxylic acids is 2. The summed E-state index contributed by atoms with van der Waals surface area (Å²) >= 11 is 6.08. The standard InChI is InChI=1S/C17H22ClN3O3/c1-12-3-4-13(9-14(12)18)19-16(23)21-7-5-20(6-8-21)15(22)17(2)10-24-11-17/h3-4,9H,5-8,10-11H2,1-2H3,(H,19,23). The number of nitrogens with one attached hydrogen (secondary N) is 1. The fourth-order valence-electron chi connectivity index (χ4n) is 2.90. The largest absolute Gasteiger partial charge is 0.379 e. The Bertz CT molecular complexity index is 652. The normalized spacial score (nSPS) is 19.6. The minimum atomic E-state index is -0.386. The fourth-order valence-corrected chi connectivity index (χ4v) is 3.08. The van der Waals surface area contributed by atoms with Gasteiger partial charge < -0.3 is 19.9 Å². The summed E-state index contributed by atoms with van der Waals surface area (Å²) in [6, 6.07) is 5.28. The van der Waals surface area contributed by atoms with Crippen LogP contribution in [0.4, 0.5) is 10.5 Å². The van der Waals surface area contributed by atoms with Crippen LogP contribution in [-0.4, -0.2) is 61.1 Å². The molecule has 2 heterocycles. The van der Waals surface area contributed by atoms with E-state index in [1.54, 1.807) is 11.0 Å². The predicted molar refractivity (Wildman–Crippen MR) is 92.3 cm³/mol. The Balaban J connectivity index is 1.53. The molecule has 0 bridgehead atoms. The van der Waals surface area contributed by atoms with Crippen molar-refractivity contribution in [3.8, 4) is 0 Å². The Hall–Kier alpha value is -1.79. The average molecular weight is 352 g/mol. The summed E-state index contributed by atoms with van der Waals surface area (Å²) in [6.07, 6.45) is 0. The Morgan fingerprint density at radius 1 is 1.17 bits per heavy atom. The molecule has 24 heavy (non-hydrogen) atoms. The molecule has 2 aliphatic heterocycles. The SMILES string of the molecule is Cc1ccc(NC(=O)N2CCN(C(=O)C3(C)COC3)CC2)cc1Cl. The minimum Gasteiger partial charge on any atom is -0.379 e. The molecule has 2 fully saturated rings. The lowest BCUT2D eigenvalue weighted by molar-refractivity contribution is -0.170. The number of amides is 3. The van der Waals surface area contributed by atoms with Gasteiger partial charge in [-0.15, -0.1) is 0 Å². The number of aryl methyl sites for hydroxylation is 1. The van der Waals surface area contributed by atoms with Gasteiger partial charge in [0, 0.05) is 36.9 Å². The molecule has 0 atom stereocenters. The van der Waals surface area contributed by atoms with Crippen LogP contribution in [0.2, 0.25) is 5.02 Å². The van der Waals surface area contributed by atoms with Crippen LogP contribution in [0, 0.1) is 12.3 Å². The van der Waals surface area contributed by atoms with Crippen LogP contribution in [0.5, 0.6) is 0 Å². The summed E-state index contributed by atoms with van der Waals surface area (Å²) in [5, 5.41) is 3.48. The highest BCUT2D eigenvalue weighted by Crippen LogP contribution is 2.29. The van der Waals surface area contributed by atoms with Gasteiger partial charge in [0.05, 0.1) is 18.6 Å². The third-order valence-electron chi connectivity index (χ3n) is 4.63. The third kappa shape index (κ3) is 3.35. The van der Waals surface area contributed by atoms with Crippen LogP contribution in [0.15, 0.2) is 18.2 Å². The van der Waals surface area contributed by atoms with E-state index in [2.05, 4.69) is 5.32 Å². The molecule has 0 saturated carbocycles. The van der Waals surface area contributed by atoms with Gasteiger partial charge in [0.15, 0.2) is 0 Å². The van der Waals surface area contributed by atoms with Gasteiger partial charge in [-0.05, 0) is 31.5 Å². The van der Waals surface area contributed by atoms with Crippen molar-refractivity contribution < 1.29 is 14.3 Å². The molecule has 0 unspecified atom stereocenters. The summed E-state index contributed by atoms with van der Waals surface area (Å²) in [7, 11) is 0. The van der Waals surface area contributed by atoms with E-state index in [-0.39, 0.29) is 17.4 Å². The number of halogens is 1. The minimum absolute atomic E-state index is 0.124. The van der Waals surface area contributed by atoms with E-state index in [1.165, 1.54) is 0 Å². The van der Waals surface area contributed by atoms with Gasteiger partial charge in [0.25, 0.3) is 0 Å². The van der Waals surface area contributed by atoms with Crippen molar-refractivity contribution in [1.29, 1.82) is 0 Å².